The smallest absolute Gasteiger partial charge is 0.163 e. The molecule has 1 atom stereocenters. The van der Waals surface area contributed by atoms with Crippen LogP contribution in [-0.2, 0) is 12.1 Å². The van der Waals surface area contributed by atoms with Crippen LogP contribution in [0.4, 0.5) is 8.78 Å². The fourth-order valence-electron chi connectivity index (χ4n) is 3.21. The molecular formula is C19H13F2N7OS. The van der Waals surface area contributed by atoms with Crippen molar-refractivity contribution >= 4 is 21.6 Å². The third-order valence-corrected chi connectivity index (χ3v) is 5.78. The Hall–Kier alpha value is -3.57. The molecule has 0 fully saturated rings. The van der Waals surface area contributed by atoms with Crippen LogP contribution in [0.15, 0.2) is 61.4 Å². The Bertz CT molecular complexity index is 1320. The van der Waals surface area contributed by atoms with Crippen molar-refractivity contribution in [3.63, 3.8) is 0 Å². The Labute approximate surface area is 172 Å². The fourth-order valence-corrected chi connectivity index (χ4v) is 4.30. The molecule has 0 aliphatic heterocycles. The van der Waals surface area contributed by atoms with E-state index in [1.54, 1.807) is 24.5 Å². The Morgan fingerprint density at radius 2 is 1.87 bits per heavy atom. The molecular weight excluding hydrogens is 412 g/mol. The van der Waals surface area contributed by atoms with Gasteiger partial charge in [0.25, 0.3) is 0 Å². The van der Waals surface area contributed by atoms with Gasteiger partial charge in [-0.3, -0.25) is 0 Å². The highest BCUT2D eigenvalue weighted by Crippen LogP contribution is 2.38. The number of aliphatic hydroxyl groups is 1. The number of benzene rings is 2. The molecule has 0 aliphatic carbocycles. The van der Waals surface area contributed by atoms with Crippen LogP contribution in [-0.4, -0.2) is 39.8 Å². The van der Waals surface area contributed by atoms with E-state index in [1.165, 1.54) is 39.5 Å². The maximum absolute atomic E-state index is 14.7. The van der Waals surface area contributed by atoms with Crippen molar-refractivity contribution in [2.24, 2.45) is 0 Å². The second kappa shape index (κ2) is 7.04. The van der Waals surface area contributed by atoms with E-state index < -0.39 is 17.2 Å². The van der Waals surface area contributed by atoms with Crippen molar-refractivity contribution in [1.82, 2.24) is 34.7 Å². The third kappa shape index (κ3) is 3.13. The van der Waals surface area contributed by atoms with Gasteiger partial charge in [-0.25, -0.2) is 23.4 Å². The molecule has 1 N–H and O–H groups in total. The van der Waals surface area contributed by atoms with Gasteiger partial charge in [0.05, 0.1) is 34.8 Å². The molecule has 0 aliphatic rings. The highest BCUT2D eigenvalue weighted by molar-refractivity contribution is 7.18. The molecule has 0 amide bonds. The van der Waals surface area contributed by atoms with Crippen LogP contribution in [0.1, 0.15) is 10.6 Å². The van der Waals surface area contributed by atoms with Crippen molar-refractivity contribution < 1.29 is 13.9 Å². The summed E-state index contributed by atoms with van der Waals surface area (Å²) in [5.74, 6) is -1.61. The van der Waals surface area contributed by atoms with Gasteiger partial charge < -0.3 is 5.11 Å². The standard InChI is InChI=1S/C19H13F2N7OS/c20-12-1-3-14(15(21)7-12)19(29,9-27-11-22-10-25-27)18-26-16-4-2-13(8-17(16)30-18)28-23-5-6-24-28/h1-8,10-11,29H,9H2. The minimum atomic E-state index is -1.89. The Kier molecular flexibility index (Phi) is 4.33. The van der Waals surface area contributed by atoms with Gasteiger partial charge in [0, 0.05) is 11.6 Å². The van der Waals surface area contributed by atoms with Gasteiger partial charge >= 0.3 is 0 Å². The molecule has 8 nitrogen and oxygen atoms in total. The second-order valence-electron chi connectivity index (χ2n) is 6.57. The van der Waals surface area contributed by atoms with Crippen molar-refractivity contribution in [2.75, 3.05) is 0 Å². The predicted octanol–water partition coefficient (Wildman–Crippen LogP) is 2.68. The van der Waals surface area contributed by atoms with E-state index >= 15 is 0 Å². The molecule has 1 unspecified atom stereocenters. The number of rotatable bonds is 5. The van der Waals surface area contributed by atoms with Gasteiger partial charge in [0.1, 0.15) is 29.3 Å². The van der Waals surface area contributed by atoms with E-state index in [4.69, 9.17) is 0 Å². The van der Waals surface area contributed by atoms with Gasteiger partial charge in [-0.15, -0.1) is 11.3 Å². The molecule has 150 valence electrons. The lowest BCUT2D eigenvalue weighted by Gasteiger charge is -2.26. The number of nitrogens with zero attached hydrogens (tertiary/aromatic N) is 7. The van der Waals surface area contributed by atoms with Crippen LogP contribution < -0.4 is 0 Å². The zero-order valence-corrected chi connectivity index (χ0v) is 16.0. The van der Waals surface area contributed by atoms with E-state index in [1.807, 2.05) is 6.07 Å². The highest BCUT2D eigenvalue weighted by Gasteiger charge is 2.38. The lowest BCUT2D eigenvalue weighted by Crippen LogP contribution is -2.34. The lowest BCUT2D eigenvalue weighted by atomic mass is 9.93. The summed E-state index contributed by atoms with van der Waals surface area (Å²) >= 11 is 1.19. The van der Waals surface area contributed by atoms with Crippen molar-refractivity contribution in [3.05, 3.63) is 83.7 Å². The Balaban J connectivity index is 1.66. The first-order valence-electron chi connectivity index (χ1n) is 8.81. The van der Waals surface area contributed by atoms with Gasteiger partial charge in [0.15, 0.2) is 5.60 Å². The second-order valence-corrected chi connectivity index (χ2v) is 7.60. The van der Waals surface area contributed by atoms with Gasteiger partial charge in [-0.05, 0) is 30.3 Å². The molecule has 5 aromatic rings. The average molecular weight is 425 g/mol. The molecule has 0 spiro atoms. The number of hydrogen-bond acceptors (Lipinski definition) is 7. The van der Waals surface area contributed by atoms with Crippen LogP contribution in [0.25, 0.3) is 15.9 Å². The summed E-state index contributed by atoms with van der Waals surface area (Å²) in [4.78, 5) is 9.85. The molecule has 0 saturated carbocycles. The first-order chi connectivity index (χ1) is 14.5. The summed E-state index contributed by atoms with van der Waals surface area (Å²) < 4.78 is 30.3. The van der Waals surface area contributed by atoms with Crippen LogP contribution in [0.5, 0.6) is 0 Å². The van der Waals surface area contributed by atoms with E-state index in [9.17, 15) is 13.9 Å². The van der Waals surface area contributed by atoms with Crippen molar-refractivity contribution in [1.29, 1.82) is 0 Å². The van der Waals surface area contributed by atoms with E-state index in [-0.39, 0.29) is 17.1 Å². The first-order valence-corrected chi connectivity index (χ1v) is 9.63. The zero-order chi connectivity index (χ0) is 20.7. The molecule has 5 rings (SSSR count). The van der Waals surface area contributed by atoms with Gasteiger partial charge in [-0.1, -0.05) is 0 Å². The van der Waals surface area contributed by atoms with Gasteiger partial charge in [-0.2, -0.15) is 20.1 Å². The van der Waals surface area contributed by atoms with Crippen molar-refractivity contribution in [2.45, 2.75) is 12.1 Å². The first kappa shape index (κ1) is 18.5. The topological polar surface area (TPSA) is 94.5 Å². The minimum Gasteiger partial charge on any atom is -0.376 e. The summed E-state index contributed by atoms with van der Waals surface area (Å²) in [6.07, 6.45) is 5.84. The maximum Gasteiger partial charge on any atom is 0.163 e. The molecule has 30 heavy (non-hydrogen) atoms. The molecule has 0 bridgehead atoms. The number of fused-ring (bicyclic) bond motifs is 1. The minimum absolute atomic E-state index is 0.104. The predicted molar refractivity (Wildman–Crippen MR) is 104 cm³/mol. The summed E-state index contributed by atoms with van der Waals surface area (Å²) in [5.41, 5.74) is -0.660. The molecule has 0 saturated heterocycles. The fraction of sp³-hybridized carbons (Fsp3) is 0.105. The number of aromatic nitrogens is 7. The molecule has 2 aromatic carbocycles. The Morgan fingerprint density at radius 1 is 1.03 bits per heavy atom. The molecule has 3 heterocycles. The highest BCUT2D eigenvalue weighted by atomic mass is 32.1. The summed E-state index contributed by atoms with van der Waals surface area (Å²) in [6, 6.07) is 8.43. The molecule has 11 heteroatoms. The van der Waals surface area contributed by atoms with Crippen LogP contribution in [0.2, 0.25) is 0 Å². The lowest BCUT2D eigenvalue weighted by molar-refractivity contribution is 0.0534. The van der Waals surface area contributed by atoms with E-state index in [2.05, 4.69) is 25.3 Å². The summed E-state index contributed by atoms with van der Waals surface area (Å²) in [5, 5.41) is 24.1. The Morgan fingerprint density at radius 3 is 2.60 bits per heavy atom. The molecule has 0 radical (unpaired) electrons. The average Bonchev–Trinajstić information content (AvgIpc) is 3.48. The monoisotopic (exact) mass is 425 g/mol. The quantitative estimate of drug-likeness (QED) is 0.465. The molecule has 3 aromatic heterocycles. The van der Waals surface area contributed by atoms with Crippen LogP contribution in [0.3, 0.4) is 0 Å². The zero-order valence-electron chi connectivity index (χ0n) is 15.2. The number of hydrogen-bond donors (Lipinski definition) is 1. The summed E-state index contributed by atoms with van der Waals surface area (Å²) in [6.45, 7) is -0.150. The largest absolute Gasteiger partial charge is 0.376 e. The number of halogens is 2. The SMILES string of the molecule is OC(Cn1cncn1)(c1nc2ccc(-n3nccn3)cc2s1)c1ccc(F)cc1F. The van der Waals surface area contributed by atoms with E-state index in [0.29, 0.717) is 5.52 Å². The normalized spacial score (nSPS) is 13.6. The van der Waals surface area contributed by atoms with Crippen LogP contribution >= 0.6 is 11.3 Å². The number of thiazole rings is 1. The maximum atomic E-state index is 14.7. The van der Waals surface area contributed by atoms with E-state index in [0.717, 1.165) is 22.5 Å². The van der Waals surface area contributed by atoms with Crippen molar-refractivity contribution in [3.8, 4) is 5.69 Å². The van der Waals surface area contributed by atoms with Gasteiger partial charge in [0.2, 0.25) is 0 Å². The summed E-state index contributed by atoms with van der Waals surface area (Å²) in [7, 11) is 0. The third-order valence-electron chi connectivity index (χ3n) is 4.61. The van der Waals surface area contributed by atoms with Crippen LogP contribution in [0, 0.1) is 11.6 Å².